The second kappa shape index (κ2) is 12.6. The molecule has 156 valence electrons. The number of carbonyl (C=O) groups is 1. The molecule has 0 saturated carbocycles. The van der Waals surface area contributed by atoms with Gasteiger partial charge >= 0.3 is 0 Å². The Balaban J connectivity index is 1.82. The highest BCUT2D eigenvalue weighted by Gasteiger charge is 2.11. The quantitative estimate of drug-likeness (QED) is 0.413. The maximum Gasteiger partial charge on any atom is 0.222 e. The van der Waals surface area contributed by atoms with Gasteiger partial charge in [-0.15, -0.1) is 0 Å². The average Bonchev–Trinajstić information content (AvgIpc) is 3.04. The van der Waals surface area contributed by atoms with Crippen LogP contribution < -0.4 is 5.32 Å². The zero-order valence-corrected chi connectivity index (χ0v) is 18.2. The number of hydrogen-bond donors (Lipinski definition) is 1. The standard InChI is InChI=1S/C24H39N3O/c1-4-5-6-7-8-9-10-11-14-19-27-22-16-13-12-15-21(22)26-23(27)17-18-25-24(28)20(2)3/h12-13,15-16,20H,4-11,14,17-19H2,1-3H3,(H,25,28). The van der Waals surface area contributed by atoms with Gasteiger partial charge in [0.25, 0.3) is 0 Å². The molecule has 1 heterocycles. The first kappa shape index (κ1) is 22.4. The third kappa shape index (κ3) is 7.29. The number of rotatable bonds is 14. The summed E-state index contributed by atoms with van der Waals surface area (Å²) in [5.41, 5.74) is 2.27. The van der Waals surface area contributed by atoms with Crippen LogP contribution in [-0.2, 0) is 17.8 Å². The predicted octanol–water partition coefficient (Wildman–Crippen LogP) is 5.88. The number of aromatic nitrogens is 2. The summed E-state index contributed by atoms with van der Waals surface area (Å²) < 4.78 is 2.36. The Bertz CT molecular complexity index is 705. The van der Waals surface area contributed by atoms with Gasteiger partial charge in [0.2, 0.25) is 5.91 Å². The van der Waals surface area contributed by atoms with Crippen molar-refractivity contribution in [2.75, 3.05) is 6.54 Å². The molecule has 0 bridgehead atoms. The van der Waals surface area contributed by atoms with Crippen LogP contribution in [0.15, 0.2) is 24.3 Å². The summed E-state index contributed by atoms with van der Waals surface area (Å²) in [6.07, 6.45) is 12.8. The molecule has 2 rings (SSSR count). The summed E-state index contributed by atoms with van der Waals surface area (Å²) >= 11 is 0. The van der Waals surface area contributed by atoms with E-state index in [9.17, 15) is 4.79 Å². The lowest BCUT2D eigenvalue weighted by molar-refractivity contribution is -0.123. The zero-order valence-electron chi connectivity index (χ0n) is 18.2. The van der Waals surface area contributed by atoms with E-state index in [4.69, 9.17) is 4.98 Å². The van der Waals surface area contributed by atoms with E-state index in [1.165, 1.54) is 63.3 Å². The van der Waals surface area contributed by atoms with Crippen molar-refractivity contribution in [1.29, 1.82) is 0 Å². The van der Waals surface area contributed by atoms with E-state index in [0.717, 1.165) is 24.3 Å². The number of amides is 1. The van der Waals surface area contributed by atoms with Gasteiger partial charge in [-0.1, -0.05) is 84.3 Å². The zero-order chi connectivity index (χ0) is 20.2. The molecule has 0 radical (unpaired) electrons. The normalized spacial score (nSPS) is 11.4. The molecule has 0 aliphatic rings. The average molecular weight is 386 g/mol. The third-order valence-electron chi connectivity index (χ3n) is 5.39. The van der Waals surface area contributed by atoms with Gasteiger partial charge in [0.05, 0.1) is 11.0 Å². The van der Waals surface area contributed by atoms with Crippen LogP contribution in [0.25, 0.3) is 11.0 Å². The number of nitrogens with one attached hydrogen (secondary N) is 1. The van der Waals surface area contributed by atoms with Gasteiger partial charge < -0.3 is 9.88 Å². The van der Waals surface area contributed by atoms with Crippen molar-refractivity contribution < 1.29 is 4.79 Å². The monoisotopic (exact) mass is 385 g/mol. The number of para-hydroxylation sites is 2. The first-order chi connectivity index (χ1) is 13.6. The van der Waals surface area contributed by atoms with Crippen molar-refractivity contribution in [3.63, 3.8) is 0 Å². The SMILES string of the molecule is CCCCCCCCCCCn1c(CCNC(=O)C(C)C)nc2ccccc21. The van der Waals surface area contributed by atoms with Crippen molar-refractivity contribution in [1.82, 2.24) is 14.9 Å². The van der Waals surface area contributed by atoms with Gasteiger partial charge in [-0.2, -0.15) is 0 Å². The van der Waals surface area contributed by atoms with Crippen molar-refractivity contribution in [3.05, 3.63) is 30.1 Å². The Morgan fingerprint density at radius 1 is 1.00 bits per heavy atom. The molecule has 0 aliphatic carbocycles. The van der Waals surface area contributed by atoms with E-state index in [-0.39, 0.29) is 11.8 Å². The van der Waals surface area contributed by atoms with Crippen LogP contribution in [-0.4, -0.2) is 22.0 Å². The number of hydrogen-bond acceptors (Lipinski definition) is 2. The minimum absolute atomic E-state index is 0.0285. The van der Waals surface area contributed by atoms with E-state index in [2.05, 4.69) is 35.0 Å². The van der Waals surface area contributed by atoms with Crippen LogP contribution in [0.2, 0.25) is 0 Å². The summed E-state index contributed by atoms with van der Waals surface area (Å²) in [6, 6.07) is 8.37. The number of unbranched alkanes of at least 4 members (excludes halogenated alkanes) is 8. The molecule has 1 N–H and O–H groups in total. The first-order valence-electron chi connectivity index (χ1n) is 11.3. The van der Waals surface area contributed by atoms with Gasteiger partial charge in [0.1, 0.15) is 5.82 Å². The molecule has 1 aromatic heterocycles. The Labute approximate surface area is 171 Å². The van der Waals surface area contributed by atoms with Crippen molar-refractivity contribution in [3.8, 4) is 0 Å². The Hall–Kier alpha value is -1.84. The summed E-state index contributed by atoms with van der Waals surface area (Å²) in [4.78, 5) is 16.6. The summed E-state index contributed by atoms with van der Waals surface area (Å²) in [5.74, 6) is 1.23. The Morgan fingerprint density at radius 2 is 1.64 bits per heavy atom. The van der Waals surface area contributed by atoms with Crippen molar-refractivity contribution >= 4 is 16.9 Å². The summed E-state index contributed by atoms with van der Waals surface area (Å²) in [7, 11) is 0. The van der Waals surface area contributed by atoms with Crippen LogP contribution in [0.3, 0.4) is 0 Å². The van der Waals surface area contributed by atoms with Crippen LogP contribution in [0, 0.1) is 5.92 Å². The fourth-order valence-electron chi connectivity index (χ4n) is 3.65. The fraction of sp³-hybridized carbons (Fsp3) is 0.667. The molecular weight excluding hydrogens is 346 g/mol. The molecule has 0 atom stereocenters. The molecule has 4 heteroatoms. The highest BCUT2D eigenvalue weighted by atomic mass is 16.1. The molecule has 4 nitrogen and oxygen atoms in total. The van der Waals surface area contributed by atoms with Gasteiger partial charge in [0.15, 0.2) is 0 Å². The lowest BCUT2D eigenvalue weighted by atomic mass is 10.1. The predicted molar refractivity (Wildman–Crippen MR) is 119 cm³/mol. The van der Waals surface area contributed by atoms with Crippen molar-refractivity contribution in [2.24, 2.45) is 5.92 Å². The van der Waals surface area contributed by atoms with E-state index < -0.39 is 0 Å². The lowest BCUT2D eigenvalue weighted by Gasteiger charge is -2.11. The highest BCUT2D eigenvalue weighted by Crippen LogP contribution is 2.18. The maximum absolute atomic E-state index is 11.8. The Morgan fingerprint density at radius 3 is 2.32 bits per heavy atom. The molecule has 0 spiro atoms. The van der Waals surface area contributed by atoms with Crippen LogP contribution in [0.4, 0.5) is 0 Å². The number of benzene rings is 1. The summed E-state index contributed by atoms with van der Waals surface area (Å²) in [5, 5.41) is 3.01. The topological polar surface area (TPSA) is 46.9 Å². The van der Waals surface area contributed by atoms with Crippen molar-refractivity contribution in [2.45, 2.75) is 91.5 Å². The van der Waals surface area contributed by atoms with Gasteiger partial charge in [0, 0.05) is 25.4 Å². The number of aryl methyl sites for hydroxylation is 1. The third-order valence-corrected chi connectivity index (χ3v) is 5.39. The summed E-state index contributed by atoms with van der Waals surface area (Å²) in [6.45, 7) is 7.79. The Kier molecular flexibility index (Phi) is 10.1. The number of carbonyl (C=O) groups excluding carboxylic acids is 1. The van der Waals surface area contributed by atoms with Crippen LogP contribution >= 0.6 is 0 Å². The second-order valence-corrected chi connectivity index (χ2v) is 8.19. The smallest absolute Gasteiger partial charge is 0.222 e. The largest absolute Gasteiger partial charge is 0.355 e. The minimum Gasteiger partial charge on any atom is -0.355 e. The molecule has 0 aliphatic heterocycles. The molecule has 0 unspecified atom stereocenters. The van der Waals surface area contributed by atoms with E-state index in [1.807, 2.05) is 19.9 Å². The first-order valence-corrected chi connectivity index (χ1v) is 11.3. The molecule has 1 aromatic carbocycles. The number of imidazole rings is 1. The minimum atomic E-state index is 0.0285. The maximum atomic E-state index is 11.8. The van der Waals surface area contributed by atoms with Crippen LogP contribution in [0.5, 0.6) is 0 Å². The van der Waals surface area contributed by atoms with Gasteiger partial charge in [-0.3, -0.25) is 4.79 Å². The van der Waals surface area contributed by atoms with E-state index >= 15 is 0 Å². The molecule has 0 saturated heterocycles. The van der Waals surface area contributed by atoms with Gasteiger partial charge in [-0.05, 0) is 18.6 Å². The molecule has 2 aromatic rings. The number of fused-ring (bicyclic) bond motifs is 1. The lowest BCUT2D eigenvalue weighted by Crippen LogP contribution is -2.30. The van der Waals surface area contributed by atoms with Crippen LogP contribution in [0.1, 0.15) is 84.4 Å². The molecule has 0 fully saturated rings. The van der Waals surface area contributed by atoms with E-state index in [1.54, 1.807) is 0 Å². The highest BCUT2D eigenvalue weighted by molar-refractivity contribution is 5.78. The fourth-order valence-corrected chi connectivity index (χ4v) is 3.65. The molecular formula is C24H39N3O. The molecule has 28 heavy (non-hydrogen) atoms. The number of nitrogens with zero attached hydrogens (tertiary/aromatic N) is 2. The van der Waals surface area contributed by atoms with E-state index in [0.29, 0.717) is 6.54 Å². The second-order valence-electron chi connectivity index (χ2n) is 8.19. The molecule has 1 amide bonds. The van der Waals surface area contributed by atoms with Gasteiger partial charge in [-0.25, -0.2) is 4.98 Å².